The summed E-state index contributed by atoms with van der Waals surface area (Å²) in [5.74, 6) is -0.900. The number of esters is 2. The summed E-state index contributed by atoms with van der Waals surface area (Å²) in [4.78, 5) is 36.3. The molecule has 1 aliphatic rings. The van der Waals surface area contributed by atoms with Crippen LogP contribution in [0.4, 0.5) is 0 Å². The van der Waals surface area contributed by atoms with Crippen LogP contribution < -0.4 is 5.56 Å². The van der Waals surface area contributed by atoms with Crippen LogP contribution in [0, 0.1) is 11.7 Å². The van der Waals surface area contributed by atoms with E-state index in [1.54, 1.807) is 17.7 Å². The van der Waals surface area contributed by atoms with Gasteiger partial charge in [-0.1, -0.05) is 0 Å². The molecule has 1 N–H and O–H groups in total. The first-order valence-corrected chi connectivity index (χ1v) is 7.47. The van der Waals surface area contributed by atoms with Crippen molar-refractivity contribution in [2.75, 3.05) is 6.61 Å². The summed E-state index contributed by atoms with van der Waals surface area (Å²) < 4.78 is 17.8. The molecule has 0 aliphatic carbocycles. The maximum Gasteiger partial charge on any atom is 0.303 e. The van der Waals surface area contributed by atoms with Gasteiger partial charge in [0.25, 0.3) is 5.56 Å². The minimum Gasteiger partial charge on any atom is -0.463 e. The summed E-state index contributed by atoms with van der Waals surface area (Å²) in [6.45, 7) is 4.21. The van der Waals surface area contributed by atoms with E-state index in [0.29, 0.717) is 12.0 Å². The highest BCUT2D eigenvalue weighted by atomic mass is 32.1. The van der Waals surface area contributed by atoms with Gasteiger partial charge in [-0.15, -0.1) is 0 Å². The number of H-pyrrole nitrogens is 1. The van der Waals surface area contributed by atoms with Crippen LogP contribution in [-0.2, 0) is 23.8 Å². The van der Waals surface area contributed by atoms with Gasteiger partial charge in [0.05, 0.1) is 0 Å². The number of rotatable bonds is 4. The molecule has 0 unspecified atom stereocenters. The number of carbonyl (C=O) groups is 2. The van der Waals surface area contributed by atoms with E-state index in [1.807, 2.05) is 0 Å². The SMILES string of the molecule is CC(=O)OC[C@H]1O[C@H](n2cc(C)c(=O)[nH]c2=S)C[C@@H]1OC(C)=O. The van der Waals surface area contributed by atoms with Crippen LogP contribution in [0.15, 0.2) is 11.0 Å². The molecule has 0 radical (unpaired) electrons. The summed E-state index contributed by atoms with van der Waals surface area (Å²) in [7, 11) is 0. The summed E-state index contributed by atoms with van der Waals surface area (Å²) in [6.07, 6.45) is 0.242. The number of hydrogen-bond donors (Lipinski definition) is 1. The summed E-state index contributed by atoms with van der Waals surface area (Å²) in [5, 5.41) is 0. The Morgan fingerprint density at radius 3 is 2.74 bits per heavy atom. The smallest absolute Gasteiger partial charge is 0.303 e. The first-order chi connectivity index (χ1) is 10.8. The van der Waals surface area contributed by atoms with E-state index in [-0.39, 0.29) is 16.9 Å². The van der Waals surface area contributed by atoms with Crippen LogP contribution in [0.3, 0.4) is 0 Å². The highest BCUT2D eigenvalue weighted by Crippen LogP contribution is 2.31. The summed E-state index contributed by atoms with van der Waals surface area (Å²) in [5.41, 5.74) is 0.215. The molecule has 0 saturated carbocycles. The quantitative estimate of drug-likeness (QED) is 0.643. The fraction of sp³-hybridized carbons (Fsp3) is 0.571. The molecule has 0 amide bonds. The number of aromatic amines is 1. The standard InChI is InChI=1S/C14H18N2O6S/c1-7-5-16(14(23)15-13(7)19)12-4-10(21-9(3)18)11(22-12)6-20-8(2)17/h5,10-12H,4,6H2,1-3H3,(H,15,19,23)/t10-,11+,12-/m0/s1. The van der Waals surface area contributed by atoms with E-state index in [0.717, 1.165) is 0 Å². The number of hydrogen-bond acceptors (Lipinski definition) is 7. The van der Waals surface area contributed by atoms with Gasteiger partial charge >= 0.3 is 11.9 Å². The number of nitrogens with zero attached hydrogens (tertiary/aromatic N) is 1. The zero-order chi connectivity index (χ0) is 17.1. The maximum absolute atomic E-state index is 11.6. The Bertz CT molecular complexity index is 725. The lowest BCUT2D eigenvalue weighted by atomic mass is 10.2. The third-order valence-corrected chi connectivity index (χ3v) is 3.72. The number of ether oxygens (including phenoxy) is 3. The molecule has 0 bridgehead atoms. The number of nitrogens with one attached hydrogen (secondary N) is 1. The van der Waals surface area contributed by atoms with Crippen LogP contribution in [0.5, 0.6) is 0 Å². The van der Waals surface area contributed by atoms with Gasteiger partial charge in [-0.2, -0.15) is 0 Å². The third kappa shape index (κ3) is 4.26. The Balaban J connectivity index is 2.23. The van der Waals surface area contributed by atoms with Gasteiger partial charge in [0.2, 0.25) is 0 Å². The molecule has 2 heterocycles. The van der Waals surface area contributed by atoms with Gasteiger partial charge in [0.1, 0.15) is 25.0 Å². The Morgan fingerprint density at radius 2 is 2.13 bits per heavy atom. The highest BCUT2D eigenvalue weighted by molar-refractivity contribution is 7.71. The molecule has 8 nitrogen and oxygen atoms in total. The van der Waals surface area contributed by atoms with E-state index in [9.17, 15) is 14.4 Å². The van der Waals surface area contributed by atoms with Gasteiger partial charge < -0.3 is 14.2 Å². The monoisotopic (exact) mass is 342 g/mol. The van der Waals surface area contributed by atoms with E-state index >= 15 is 0 Å². The number of aryl methyl sites for hydroxylation is 1. The largest absolute Gasteiger partial charge is 0.463 e. The molecule has 1 saturated heterocycles. The van der Waals surface area contributed by atoms with E-state index < -0.39 is 30.4 Å². The molecule has 1 aromatic rings. The zero-order valence-corrected chi connectivity index (χ0v) is 13.8. The molecule has 2 rings (SSSR count). The molecule has 9 heteroatoms. The zero-order valence-electron chi connectivity index (χ0n) is 13.0. The van der Waals surface area contributed by atoms with Crippen LogP contribution in [0.2, 0.25) is 0 Å². The second-order valence-electron chi connectivity index (χ2n) is 5.29. The van der Waals surface area contributed by atoms with Crippen molar-refractivity contribution in [1.82, 2.24) is 9.55 Å². The predicted octanol–water partition coefficient (Wildman–Crippen LogP) is 0.997. The average molecular weight is 342 g/mol. The normalized spacial score (nSPS) is 23.5. The predicted molar refractivity (Wildman–Crippen MR) is 81.3 cm³/mol. The highest BCUT2D eigenvalue weighted by Gasteiger charge is 2.39. The number of aromatic nitrogens is 2. The molecule has 0 aromatic carbocycles. The molecular formula is C14H18N2O6S. The van der Waals surface area contributed by atoms with Crippen molar-refractivity contribution in [2.45, 2.75) is 45.6 Å². The van der Waals surface area contributed by atoms with Gasteiger partial charge in [-0.25, -0.2) is 0 Å². The molecular weight excluding hydrogens is 324 g/mol. The van der Waals surface area contributed by atoms with Crippen LogP contribution >= 0.6 is 12.2 Å². The van der Waals surface area contributed by atoms with Crippen molar-refractivity contribution in [2.24, 2.45) is 0 Å². The maximum atomic E-state index is 11.6. The first-order valence-electron chi connectivity index (χ1n) is 7.06. The first kappa shape index (κ1) is 17.4. The molecule has 1 fully saturated rings. The van der Waals surface area contributed by atoms with E-state index in [1.165, 1.54) is 13.8 Å². The lowest BCUT2D eigenvalue weighted by Crippen LogP contribution is -2.31. The van der Waals surface area contributed by atoms with Crippen LogP contribution in [0.25, 0.3) is 0 Å². The van der Waals surface area contributed by atoms with Gasteiger partial charge in [0, 0.05) is 32.0 Å². The van der Waals surface area contributed by atoms with Crippen molar-refractivity contribution in [1.29, 1.82) is 0 Å². The van der Waals surface area contributed by atoms with Crippen molar-refractivity contribution < 1.29 is 23.8 Å². The third-order valence-electron chi connectivity index (χ3n) is 3.40. The average Bonchev–Trinajstić information content (AvgIpc) is 2.82. The Kier molecular flexibility index (Phi) is 5.32. The van der Waals surface area contributed by atoms with Gasteiger partial charge in [0.15, 0.2) is 4.77 Å². The molecule has 23 heavy (non-hydrogen) atoms. The van der Waals surface area contributed by atoms with Crippen molar-refractivity contribution >= 4 is 24.2 Å². The molecule has 126 valence electrons. The van der Waals surface area contributed by atoms with Crippen molar-refractivity contribution in [3.8, 4) is 0 Å². The van der Waals surface area contributed by atoms with Gasteiger partial charge in [-0.3, -0.25) is 23.9 Å². The van der Waals surface area contributed by atoms with E-state index in [2.05, 4.69) is 4.98 Å². The number of carbonyl (C=O) groups excluding carboxylic acids is 2. The Hall–Kier alpha value is -2.00. The van der Waals surface area contributed by atoms with Crippen molar-refractivity contribution in [3.63, 3.8) is 0 Å². The Labute approximate surface area is 137 Å². The molecule has 3 atom stereocenters. The summed E-state index contributed by atoms with van der Waals surface area (Å²) in [6, 6.07) is 0. The lowest BCUT2D eigenvalue weighted by molar-refractivity contribution is -0.155. The molecule has 1 aliphatic heterocycles. The second kappa shape index (κ2) is 7.05. The van der Waals surface area contributed by atoms with E-state index in [4.69, 9.17) is 26.4 Å². The topological polar surface area (TPSA) is 99.6 Å². The van der Waals surface area contributed by atoms with Crippen molar-refractivity contribution in [3.05, 3.63) is 26.9 Å². The molecule has 1 aromatic heterocycles. The summed E-state index contributed by atoms with van der Waals surface area (Å²) >= 11 is 5.14. The van der Waals surface area contributed by atoms with Crippen LogP contribution in [0.1, 0.15) is 32.1 Å². The van der Waals surface area contributed by atoms with Gasteiger partial charge in [-0.05, 0) is 19.1 Å². The molecule has 0 spiro atoms. The lowest BCUT2D eigenvalue weighted by Gasteiger charge is -2.18. The fourth-order valence-electron chi connectivity index (χ4n) is 2.36. The second-order valence-corrected chi connectivity index (χ2v) is 5.68. The minimum atomic E-state index is -0.595. The van der Waals surface area contributed by atoms with Crippen LogP contribution in [-0.4, -0.2) is 40.3 Å². The minimum absolute atomic E-state index is 0.0283. The Morgan fingerprint density at radius 1 is 1.43 bits per heavy atom. The fourth-order valence-corrected chi connectivity index (χ4v) is 2.62.